The number of halogens is 1. The Hall–Kier alpha value is -2.86. The third kappa shape index (κ3) is 3.62. The number of benzene rings is 2. The summed E-state index contributed by atoms with van der Waals surface area (Å²) in [7, 11) is 0. The molecule has 0 fully saturated rings. The van der Waals surface area contributed by atoms with E-state index in [-0.39, 0.29) is 11.3 Å². The molecule has 0 spiro atoms. The van der Waals surface area contributed by atoms with Crippen molar-refractivity contribution in [2.45, 2.75) is 0 Å². The number of carboxylic acid groups (broad SMARTS) is 1. The minimum absolute atomic E-state index is 0.0578. The van der Waals surface area contributed by atoms with Crippen LogP contribution in [0.2, 0.25) is 5.02 Å². The van der Waals surface area contributed by atoms with Crippen molar-refractivity contribution in [3.8, 4) is 0 Å². The van der Waals surface area contributed by atoms with Gasteiger partial charge in [0.15, 0.2) is 0 Å². The molecule has 0 heterocycles. The Bertz CT molecular complexity index is 742. The number of nitrogens with one attached hydrogen (secondary N) is 1. The fourth-order valence-electron chi connectivity index (χ4n) is 1.88. The van der Waals surface area contributed by atoms with Crippen LogP contribution in [0.3, 0.4) is 0 Å². The number of hydrogen-bond donors (Lipinski definition) is 3. The summed E-state index contributed by atoms with van der Waals surface area (Å²) < 4.78 is 0. The number of carbonyl (C=O) groups is 2. The van der Waals surface area contributed by atoms with Gasteiger partial charge in [0, 0.05) is 16.1 Å². The zero-order valence-corrected chi connectivity index (χ0v) is 12.0. The van der Waals surface area contributed by atoms with Gasteiger partial charge in [0.2, 0.25) is 0 Å². The summed E-state index contributed by atoms with van der Waals surface area (Å²) in [5, 5.41) is 13.7. The number of carbonyl (C=O) groups excluding carboxylic acids is 1. The molecule has 0 atom stereocenters. The fourth-order valence-corrected chi connectivity index (χ4v) is 2.00. The Morgan fingerprint density at radius 3 is 2.18 bits per heavy atom. The van der Waals surface area contributed by atoms with Crippen molar-refractivity contribution >= 4 is 29.3 Å². The molecule has 4 N–H and O–H groups in total. The third-order valence-corrected chi connectivity index (χ3v) is 3.06. The van der Waals surface area contributed by atoms with Crippen molar-refractivity contribution in [1.82, 2.24) is 5.43 Å². The molecule has 0 radical (unpaired) electrons. The first-order chi connectivity index (χ1) is 10.5. The first kappa shape index (κ1) is 15.5. The minimum atomic E-state index is -1.10. The van der Waals surface area contributed by atoms with Crippen LogP contribution in [0.5, 0.6) is 0 Å². The molecule has 2 amide bonds. The standard InChI is InChI=1S/C15H12ClN3O3/c16-10-7-5-9(6-8-10)13(18-19-15(17)22)11-3-1-2-4-12(11)14(20)21/h1-8H,(H,20,21)(H3,17,19,22). The Morgan fingerprint density at radius 2 is 1.64 bits per heavy atom. The SMILES string of the molecule is NC(=O)NN=C(c1ccc(Cl)cc1)c1ccccc1C(=O)O. The maximum absolute atomic E-state index is 11.4. The Morgan fingerprint density at radius 1 is 1.05 bits per heavy atom. The summed E-state index contributed by atoms with van der Waals surface area (Å²) in [6.45, 7) is 0. The number of primary amides is 1. The lowest BCUT2D eigenvalue weighted by atomic mass is 9.97. The van der Waals surface area contributed by atoms with E-state index in [4.69, 9.17) is 17.3 Å². The van der Waals surface area contributed by atoms with Gasteiger partial charge in [0.1, 0.15) is 0 Å². The molecule has 0 saturated heterocycles. The smallest absolute Gasteiger partial charge is 0.336 e. The van der Waals surface area contributed by atoms with Gasteiger partial charge in [-0.05, 0) is 18.2 Å². The molecule has 0 aromatic heterocycles. The number of hydrazone groups is 1. The highest BCUT2D eigenvalue weighted by Crippen LogP contribution is 2.18. The quantitative estimate of drug-likeness (QED) is 0.595. The lowest BCUT2D eigenvalue weighted by Crippen LogP contribution is -2.26. The second-order valence-electron chi connectivity index (χ2n) is 4.29. The van der Waals surface area contributed by atoms with Gasteiger partial charge < -0.3 is 10.8 Å². The van der Waals surface area contributed by atoms with Crippen LogP contribution in [0.25, 0.3) is 0 Å². The number of amides is 2. The van der Waals surface area contributed by atoms with Gasteiger partial charge in [0.25, 0.3) is 0 Å². The molecule has 0 aliphatic carbocycles. The molecular weight excluding hydrogens is 306 g/mol. The first-order valence-corrected chi connectivity index (χ1v) is 6.58. The monoisotopic (exact) mass is 317 g/mol. The maximum Gasteiger partial charge on any atom is 0.336 e. The van der Waals surface area contributed by atoms with Crippen molar-refractivity contribution in [3.05, 3.63) is 70.2 Å². The lowest BCUT2D eigenvalue weighted by Gasteiger charge is -2.10. The predicted octanol–water partition coefficient (Wildman–Crippen LogP) is 2.46. The number of urea groups is 1. The number of nitrogens with zero attached hydrogens (tertiary/aromatic N) is 1. The molecule has 0 bridgehead atoms. The van der Waals surface area contributed by atoms with E-state index in [0.29, 0.717) is 16.1 Å². The highest BCUT2D eigenvalue weighted by Gasteiger charge is 2.16. The van der Waals surface area contributed by atoms with Crippen molar-refractivity contribution in [1.29, 1.82) is 0 Å². The molecule has 0 aliphatic rings. The number of hydrogen-bond acceptors (Lipinski definition) is 3. The molecule has 2 aromatic rings. The highest BCUT2D eigenvalue weighted by atomic mass is 35.5. The highest BCUT2D eigenvalue weighted by molar-refractivity contribution is 6.30. The molecule has 7 heteroatoms. The molecule has 6 nitrogen and oxygen atoms in total. The van der Waals surface area contributed by atoms with Crippen molar-refractivity contribution in [2.75, 3.05) is 0 Å². The summed E-state index contributed by atoms with van der Waals surface area (Å²) in [5.41, 5.74) is 8.42. The van der Waals surface area contributed by atoms with Gasteiger partial charge in [0.05, 0.1) is 11.3 Å². The van der Waals surface area contributed by atoms with Crippen molar-refractivity contribution in [3.63, 3.8) is 0 Å². The summed E-state index contributed by atoms with van der Waals surface area (Å²) in [5.74, 6) is -1.10. The van der Waals surface area contributed by atoms with Gasteiger partial charge in [-0.15, -0.1) is 0 Å². The normalized spacial score (nSPS) is 11.0. The summed E-state index contributed by atoms with van der Waals surface area (Å²) in [4.78, 5) is 22.3. The first-order valence-electron chi connectivity index (χ1n) is 6.21. The zero-order chi connectivity index (χ0) is 16.1. The van der Waals surface area contributed by atoms with Crippen LogP contribution in [0.1, 0.15) is 21.5 Å². The molecule has 0 saturated carbocycles. The molecule has 2 rings (SSSR count). The third-order valence-electron chi connectivity index (χ3n) is 2.81. The van der Waals surface area contributed by atoms with E-state index in [2.05, 4.69) is 10.5 Å². The second kappa shape index (κ2) is 6.73. The number of aromatic carboxylic acids is 1. The van der Waals surface area contributed by atoms with Crippen LogP contribution in [-0.2, 0) is 0 Å². The maximum atomic E-state index is 11.4. The van der Waals surface area contributed by atoms with E-state index >= 15 is 0 Å². The molecule has 0 unspecified atom stereocenters. The van der Waals surface area contributed by atoms with Gasteiger partial charge in [-0.2, -0.15) is 5.10 Å². The Kier molecular flexibility index (Phi) is 4.75. The largest absolute Gasteiger partial charge is 0.478 e. The molecule has 22 heavy (non-hydrogen) atoms. The molecule has 0 aliphatic heterocycles. The van der Waals surface area contributed by atoms with Gasteiger partial charge >= 0.3 is 12.0 Å². The Labute approximate surface area is 131 Å². The number of rotatable bonds is 4. The average Bonchev–Trinajstić information content (AvgIpc) is 2.49. The lowest BCUT2D eigenvalue weighted by molar-refractivity contribution is 0.0696. The van der Waals surface area contributed by atoms with Gasteiger partial charge in [-0.3, -0.25) is 0 Å². The van der Waals surface area contributed by atoms with Crippen LogP contribution in [0, 0.1) is 0 Å². The van der Waals surface area contributed by atoms with Crippen molar-refractivity contribution < 1.29 is 14.7 Å². The zero-order valence-electron chi connectivity index (χ0n) is 11.3. The van der Waals surface area contributed by atoms with E-state index in [0.717, 1.165) is 0 Å². The van der Waals surface area contributed by atoms with E-state index < -0.39 is 12.0 Å². The fraction of sp³-hybridized carbons (Fsp3) is 0. The average molecular weight is 318 g/mol. The van der Waals surface area contributed by atoms with Crippen LogP contribution in [0.15, 0.2) is 53.6 Å². The molecule has 2 aromatic carbocycles. The molecule has 112 valence electrons. The van der Waals surface area contributed by atoms with E-state index in [9.17, 15) is 14.7 Å². The van der Waals surface area contributed by atoms with E-state index in [1.54, 1.807) is 42.5 Å². The van der Waals surface area contributed by atoms with Crippen LogP contribution >= 0.6 is 11.6 Å². The topological polar surface area (TPSA) is 105 Å². The van der Waals surface area contributed by atoms with Crippen LogP contribution in [-0.4, -0.2) is 22.8 Å². The van der Waals surface area contributed by atoms with Crippen molar-refractivity contribution in [2.24, 2.45) is 10.8 Å². The predicted molar refractivity (Wildman–Crippen MR) is 83.2 cm³/mol. The number of carboxylic acids is 1. The summed E-state index contributed by atoms with van der Waals surface area (Å²) in [6.07, 6.45) is 0. The molecular formula is C15H12ClN3O3. The van der Waals surface area contributed by atoms with E-state index in [1.807, 2.05) is 0 Å². The van der Waals surface area contributed by atoms with E-state index in [1.165, 1.54) is 6.07 Å². The minimum Gasteiger partial charge on any atom is -0.478 e. The summed E-state index contributed by atoms with van der Waals surface area (Å²) in [6, 6.07) is 12.1. The number of nitrogens with two attached hydrogens (primary N) is 1. The second-order valence-corrected chi connectivity index (χ2v) is 4.73. The van der Waals surface area contributed by atoms with Crippen LogP contribution < -0.4 is 11.2 Å². The Balaban J connectivity index is 2.59. The van der Waals surface area contributed by atoms with Crippen LogP contribution in [0.4, 0.5) is 4.79 Å². The van der Waals surface area contributed by atoms with Gasteiger partial charge in [-0.25, -0.2) is 15.0 Å². The summed E-state index contributed by atoms with van der Waals surface area (Å²) >= 11 is 5.85. The van der Waals surface area contributed by atoms with Gasteiger partial charge in [-0.1, -0.05) is 41.9 Å².